The summed E-state index contributed by atoms with van der Waals surface area (Å²) in [6.07, 6.45) is 21.9. The van der Waals surface area contributed by atoms with Crippen molar-refractivity contribution in [2.24, 2.45) is 0 Å². The number of aromatic nitrogens is 5. The van der Waals surface area contributed by atoms with Crippen LogP contribution in [-0.4, -0.2) is 22.8 Å². The van der Waals surface area contributed by atoms with Gasteiger partial charge in [-0.2, -0.15) is 0 Å². The summed E-state index contributed by atoms with van der Waals surface area (Å²) in [6.45, 7) is 11.1. The molecule has 8 aromatic carbocycles. The van der Waals surface area contributed by atoms with Crippen LogP contribution in [0.4, 0.5) is 0 Å². The van der Waals surface area contributed by atoms with Gasteiger partial charge >= 0.3 is 0 Å². The molecule has 14 rings (SSSR count). The third-order valence-electron chi connectivity index (χ3n) is 15.7. The third-order valence-corrected chi connectivity index (χ3v) is 15.7. The van der Waals surface area contributed by atoms with Gasteiger partial charge in [-0.05, 0) is 117 Å². The minimum Gasteiger partial charge on any atom is -0.312 e. The number of benzene rings is 8. The molecule has 74 heavy (non-hydrogen) atoms. The number of hydrogen-bond donors (Lipinski definition) is 0. The lowest BCUT2D eigenvalue weighted by molar-refractivity contribution is 0.970. The second-order valence-corrected chi connectivity index (χ2v) is 19.8. The van der Waals surface area contributed by atoms with Crippen LogP contribution in [0.25, 0.3) is 133 Å². The molecule has 5 nitrogen and oxygen atoms in total. The molecular formula is C69H55N5. The summed E-state index contributed by atoms with van der Waals surface area (Å²) < 4.78 is 12.5. The van der Waals surface area contributed by atoms with Gasteiger partial charge in [0.25, 0.3) is 0 Å². The predicted molar refractivity (Wildman–Crippen MR) is 319 cm³/mol. The van der Waals surface area contributed by atoms with Crippen molar-refractivity contribution in [2.75, 3.05) is 0 Å². The first-order chi connectivity index (χ1) is 36.6. The van der Waals surface area contributed by atoms with Crippen LogP contribution in [0.15, 0.2) is 219 Å². The van der Waals surface area contributed by atoms with Crippen LogP contribution >= 0.6 is 0 Å². The van der Waals surface area contributed by atoms with Gasteiger partial charge in [-0.3, -0.25) is 0 Å². The molecule has 0 radical (unpaired) electrons. The highest BCUT2D eigenvalue weighted by atomic mass is 15.1. The van der Waals surface area contributed by atoms with Gasteiger partial charge in [0.1, 0.15) is 0 Å². The Bertz CT molecular complexity index is 4600. The summed E-state index contributed by atoms with van der Waals surface area (Å²) in [5.41, 5.74) is 19.0. The maximum absolute atomic E-state index is 4.36. The highest BCUT2D eigenvalue weighted by Crippen LogP contribution is 2.45. The van der Waals surface area contributed by atoms with Crippen LogP contribution in [0.1, 0.15) is 50.8 Å². The van der Waals surface area contributed by atoms with Gasteiger partial charge in [0.15, 0.2) is 0 Å². The van der Waals surface area contributed by atoms with Crippen molar-refractivity contribution in [3.8, 4) is 11.4 Å². The van der Waals surface area contributed by atoms with E-state index in [0.29, 0.717) is 0 Å². The highest BCUT2D eigenvalue weighted by Gasteiger charge is 2.26. The van der Waals surface area contributed by atoms with Gasteiger partial charge in [0.2, 0.25) is 0 Å². The number of nitrogens with zero attached hydrogens (tertiary/aromatic N) is 5. The first-order valence-corrected chi connectivity index (χ1v) is 26.3. The molecule has 5 heteroatoms. The minimum absolute atomic E-state index is 0.930. The van der Waals surface area contributed by atoms with E-state index in [0.717, 1.165) is 48.3 Å². The average molecular weight is 954 g/mol. The van der Waals surface area contributed by atoms with Crippen LogP contribution in [0.3, 0.4) is 0 Å². The van der Waals surface area contributed by atoms with Crippen LogP contribution in [0.5, 0.6) is 0 Å². The number of hydrogen-bond acceptors (Lipinski definition) is 0. The molecule has 0 fully saturated rings. The first kappa shape index (κ1) is 43.7. The summed E-state index contributed by atoms with van der Waals surface area (Å²) in [5.74, 6) is 0. The van der Waals surface area contributed by atoms with Crippen LogP contribution in [0, 0.1) is 6.92 Å². The fourth-order valence-corrected chi connectivity index (χ4v) is 12.6. The summed E-state index contributed by atoms with van der Waals surface area (Å²) in [7, 11) is 0. The van der Waals surface area contributed by atoms with Gasteiger partial charge in [0.05, 0.1) is 49.7 Å². The Balaban J connectivity index is 1.02. The fourth-order valence-electron chi connectivity index (χ4n) is 12.6. The SMILES string of the molecule is C=C/C(=C\C=C/CC)n1c2ccccc2c2ccc3c4ccccc4n(-c4cccc(-n5c(/C=C\CC)c(C)c6c5ccc5c7ccccc7n(C7=CC(n8c9ccccc9c9ccccc98)=CCC7)c56)c4)c3c21. The van der Waals surface area contributed by atoms with Crippen molar-refractivity contribution < 1.29 is 0 Å². The van der Waals surface area contributed by atoms with Crippen molar-refractivity contribution in [3.05, 3.63) is 230 Å². The molecule has 5 heterocycles. The zero-order valence-corrected chi connectivity index (χ0v) is 42.1. The Kier molecular flexibility index (Phi) is 10.2. The molecule has 0 amide bonds. The van der Waals surface area contributed by atoms with E-state index in [1.54, 1.807) is 0 Å². The normalized spacial score (nSPS) is 13.8. The fraction of sp³-hybridized carbons (Fsp3) is 0.101. The Morgan fingerprint density at radius 1 is 0.500 bits per heavy atom. The smallest absolute Gasteiger partial charge is 0.0788 e. The largest absolute Gasteiger partial charge is 0.312 e. The number of allylic oxidation sites excluding steroid dienone is 10. The second-order valence-electron chi connectivity index (χ2n) is 19.8. The first-order valence-electron chi connectivity index (χ1n) is 26.3. The van der Waals surface area contributed by atoms with Crippen LogP contribution < -0.4 is 0 Å². The molecule has 0 unspecified atom stereocenters. The van der Waals surface area contributed by atoms with Crippen LogP contribution in [0.2, 0.25) is 0 Å². The topological polar surface area (TPSA) is 24.6 Å². The van der Waals surface area contributed by atoms with Gasteiger partial charge in [-0.15, -0.1) is 0 Å². The molecule has 0 bridgehead atoms. The summed E-state index contributed by atoms with van der Waals surface area (Å²) in [5, 5.41) is 11.2. The number of fused-ring (bicyclic) bond motifs is 15. The van der Waals surface area contributed by atoms with Crippen molar-refractivity contribution in [1.29, 1.82) is 0 Å². The maximum atomic E-state index is 4.36. The lowest BCUT2D eigenvalue weighted by atomic mass is 10.1. The van der Waals surface area contributed by atoms with E-state index in [2.05, 4.69) is 263 Å². The van der Waals surface area contributed by atoms with E-state index >= 15 is 0 Å². The Morgan fingerprint density at radius 2 is 1.03 bits per heavy atom. The summed E-state index contributed by atoms with van der Waals surface area (Å²) in [4.78, 5) is 0. The third kappa shape index (κ3) is 6.35. The second kappa shape index (κ2) is 17.3. The van der Waals surface area contributed by atoms with Gasteiger partial charge in [-0.1, -0.05) is 160 Å². The van der Waals surface area contributed by atoms with Crippen molar-refractivity contribution in [2.45, 2.75) is 46.5 Å². The van der Waals surface area contributed by atoms with Gasteiger partial charge < -0.3 is 22.8 Å². The molecule has 0 saturated heterocycles. The molecule has 1 aliphatic rings. The molecule has 356 valence electrons. The van der Waals surface area contributed by atoms with E-state index in [1.807, 2.05) is 6.08 Å². The lowest BCUT2D eigenvalue weighted by Crippen LogP contribution is -2.05. The van der Waals surface area contributed by atoms with E-state index < -0.39 is 0 Å². The summed E-state index contributed by atoms with van der Waals surface area (Å²) >= 11 is 0. The molecule has 13 aromatic rings. The zero-order valence-electron chi connectivity index (χ0n) is 42.1. The van der Waals surface area contributed by atoms with Crippen molar-refractivity contribution >= 4 is 121 Å². The minimum atomic E-state index is 0.930. The summed E-state index contributed by atoms with van der Waals surface area (Å²) in [6, 6.07) is 62.9. The van der Waals surface area contributed by atoms with E-state index in [1.165, 1.54) is 115 Å². The molecule has 5 aromatic heterocycles. The lowest BCUT2D eigenvalue weighted by Gasteiger charge is -2.20. The quantitative estimate of drug-likeness (QED) is 0.122. The Morgan fingerprint density at radius 3 is 1.66 bits per heavy atom. The van der Waals surface area contributed by atoms with E-state index in [-0.39, 0.29) is 0 Å². The average Bonchev–Trinajstić information content (AvgIpc) is 4.32. The van der Waals surface area contributed by atoms with Crippen molar-refractivity contribution in [3.63, 3.8) is 0 Å². The van der Waals surface area contributed by atoms with E-state index in [4.69, 9.17) is 0 Å². The number of aryl methyl sites for hydroxylation is 1. The Hall–Kier alpha value is -9.06. The zero-order chi connectivity index (χ0) is 49.6. The van der Waals surface area contributed by atoms with Crippen LogP contribution in [-0.2, 0) is 0 Å². The van der Waals surface area contributed by atoms with Gasteiger partial charge in [-0.25, -0.2) is 0 Å². The standard InChI is InChI=1S/C69H55N5/c1-5-8-10-23-46(7-3)72-62-36-18-14-31-54(62)57-39-40-58-55-32-15-20-38-64(55)74(69(58)68(57)72)50-27-21-24-47(43-50)70-59(33-9-6-2)45(4)66-65(70)42-41-56-53-30-13-19-37-63(53)73(67(56)66)49-26-22-25-48(44-49)71-60-34-16-11-28-51(60)52-29-12-17-35-61(52)71/h7-21,23-25,27-44H,3,5-6,22,26H2,1-2,4H3/b10-8-,33-9-,46-23+. The predicted octanol–water partition coefficient (Wildman–Crippen LogP) is 19.0. The number of para-hydroxylation sites is 5. The monoisotopic (exact) mass is 953 g/mol. The molecule has 0 aliphatic heterocycles. The van der Waals surface area contributed by atoms with Crippen molar-refractivity contribution in [1.82, 2.24) is 22.8 Å². The molecule has 0 N–H and O–H groups in total. The number of rotatable bonds is 10. The maximum Gasteiger partial charge on any atom is 0.0788 e. The molecule has 1 aliphatic carbocycles. The van der Waals surface area contributed by atoms with Gasteiger partial charge in [0, 0.05) is 82.6 Å². The molecular weight excluding hydrogens is 899 g/mol. The molecule has 0 atom stereocenters. The van der Waals surface area contributed by atoms with E-state index in [9.17, 15) is 0 Å². The molecule has 0 spiro atoms. The molecule has 0 saturated carbocycles. The highest BCUT2D eigenvalue weighted by molar-refractivity contribution is 6.25. The Labute approximate surface area is 430 Å².